The molecule has 2 aromatic rings. The zero-order valence-electron chi connectivity index (χ0n) is 13.2. The van der Waals surface area contributed by atoms with Crippen LogP contribution in [0.5, 0.6) is 0 Å². The molecule has 120 valence electrons. The molecule has 1 saturated carbocycles. The Hall–Kier alpha value is -2.17. The van der Waals surface area contributed by atoms with E-state index in [1.54, 1.807) is 18.5 Å². The fourth-order valence-corrected chi connectivity index (χ4v) is 4.44. The number of hydrogen-bond acceptors (Lipinski definition) is 4. The molecule has 1 spiro atoms. The van der Waals surface area contributed by atoms with Crippen LogP contribution in [0.15, 0.2) is 30.6 Å². The first-order valence-electron chi connectivity index (χ1n) is 8.45. The van der Waals surface area contributed by atoms with Gasteiger partial charge in [-0.25, -0.2) is 0 Å². The van der Waals surface area contributed by atoms with Crippen LogP contribution in [0.4, 0.5) is 11.4 Å². The molecule has 2 aliphatic rings. The Labute approximate surface area is 135 Å². The van der Waals surface area contributed by atoms with Gasteiger partial charge in [-0.05, 0) is 43.2 Å². The molecule has 1 aromatic heterocycles. The molecule has 5 nitrogen and oxygen atoms in total. The van der Waals surface area contributed by atoms with E-state index >= 15 is 0 Å². The van der Waals surface area contributed by atoms with E-state index in [9.17, 15) is 10.1 Å². The van der Waals surface area contributed by atoms with Crippen molar-refractivity contribution in [3.8, 4) is 0 Å². The molecule has 1 aliphatic carbocycles. The Kier molecular flexibility index (Phi) is 3.43. The van der Waals surface area contributed by atoms with E-state index in [1.165, 1.54) is 38.5 Å². The Morgan fingerprint density at radius 3 is 2.48 bits per heavy atom. The summed E-state index contributed by atoms with van der Waals surface area (Å²) in [5.74, 6) is 0. The van der Waals surface area contributed by atoms with E-state index in [-0.39, 0.29) is 10.6 Å². The number of aromatic nitrogens is 1. The zero-order chi connectivity index (χ0) is 15.9. The normalized spacial score (nSPS) is 20.3. The van der Waals surface area contributed by atoms with E-state index in [4.69, 9.17) is 0 Å². The maximum Gasteiger partial charge on any atom is 0.278 e. The van der Waals surface area contributed by atoms with Gasteiger partial charge in [0.15, 0.2) is 0 Å². The molecule has 23 heavy (non-hydrogen) atoms. The lowest BCUT2D eigenvalue weighted by molar-refractivity contribution is -0.383. The van der Waals surface area contributed by atoms with E-state index in [0.717, 1.165) is 24.2 Å². The van der Waals surface area contributed by atoms with E-state index in [1.807, 2.05) is 12.1 Å². The van der Waals surface area contributed by atoms with Crippen LogP contribution in [0.1, 0.15) is 38.5 Å². The first-order chi connectivity index (χ1) is 11.2. The first kappa shape index (κ1) is 14.4. The van der Waals surface area contributed by atoms with Gasteiger partial charge in [-0.1, -0.05) is 12.8 Å². The van der Waals surface area contributed by atoms with Crippen molar-refractivity contribution in [1.29, 1.82) is 0 Å². The van der Waals surface area contributed by atoms with Crippen LogP contribution in [-0.4, -0.2) is 23.0 Å². The van der Waals surface area contributed by atoms with E-state index in [2.05, 4.69) is 9.88 Å². The molecule has 0 radical (unpaired) electrons. The lowest BCUT2D eigenvalue weighted by Crippen LogP contribution is -2.38. The zero-order valence-corrected chi connectivity index (χ0v) is 13.2. The molecule has 1 aliphatic heterocycles. The third-order valence-corrected chi connectivity index (χ3v) is 5.80. The fraction of sp³-hybridized carbons (Fsp3) is 0.500. The summed E-state index contributed by atoms with van der Waals surface area (Å²) in [5, 5.41) is 12.8. The number of nitrogens with zero attached hydrogens (tertiary/aromatic N) is 3. The number of fused-ring (bicyclic) bond motifs is 1. The molecule has 0 unspecified atom stereocenters. The second-order valence-electron chi connectivity index (χ2n) is 6.98. The smallest absolute Gasteiger partial charge is 0.278 e. The van der Waals surface area contributed by atoms with Crippen molar-refractivity contribution in [1.82, 2.24) is 4.98 Å². The van der Waals surface area contributed by atoms with Crippen LogP contribution in [0, 0.1) is 15.5 Å². The highest BCUT2D eigenvalue weighted by molar-refractivity contribution is 5.99. The van der Waals surface area contributed by atoms with Crippen molar-refractivity contribution < 1.29 is 4.92 Å². The Bertz CT molecular complexity index is 743. The monoisotopic (exact) mass is 311 g/mol. The third-order valence-electron chi connectivity index (χ3n) is 5.80. The van der Waals surface area contributed by atoms with Gasteiger partial charge in [0.1, 0.15) is 0 Å². The summed E-state index contributed by atoms with van der Waals surface area (Å²) in [5.41, 5.74) is 1.83. The van der Waals surface area contributed by atoms with Gasteiger partial charge in [-0.2, -0.15) is 0 Å². The molecule has 4 rings (SSSR count). The number of anilines is 1. The summed E-state index contributed by atoms with van der Waals surface area (Å²) in [7, 11) is 0. The number of piperidine rings is 1. The molecule has 1 aromatic carbocycles. The summed E-state index contributed by atoms with van der Waals surface area (Å²) in [6.45, 7) is 2.10. The summed E-state index contributed by atoms with van der Waals surface area (Å²) in [4.78, 5) is 17.4. The second-order valence-corrected chi connectivity index (χ2v) is 6.98. The van der Waals surface area contributed by atoms with Gasteiger partial charge >= 0.3 is 0 Å². The molecular weight excluding hydrogens is 290 g/mol. The van der Waals surface area contributed by atoms with Crippen molar-refractivity contribution in [2.75, 3.05) is 18.0 Å². The van der Waals surface area contributed by atoms with Gasteiger partial charge < -0.3 is 4.90 Å². The Morgan fingerprint density at radius 1 is 1.04 bits per heavy atom. The predicted molar refractivity (Wildman–Crippen MR) is 90.7 cm³/mol. The van der Waals surface area contributed by atoms with Gasteiger partial charge in [0.25, 0.3) is 5.69 Å². The number of non-ortho nitro benzene ring substituents is 1. The number of rotatable bonds is 2. The SMILES string of the molecule is O=[N+]([O-])c1ccc(N2CCC3(CCCC3)CC2)c2ccncc12. The Morgan fingerprint density at radius 2 is 1.78 bits per heavy atom. The predicted octanol–water partition coefficient (Wildman–Crippen LogP) is 4.30. The average molecular weight is 311 g/mol. The maximum atomic E-state index is 11.2. The van der Waals surface area contributed by atoms with E-state index < -0.39 is 0 Å². The van der Waals surface area contributed by atoms with Crippen LogP contribution in [0.3, 0.4) is 0 Å². The van der Waals surface area contributed by atoms with Gasteiger partial charge in [-0.3, -0.25) is 15.1 Å². The largest absolute Gasteiger partial charge is 0.371 e. The molecule has 0 atom stereocenters. The summed E-state index contributed by atoms with van der Waals surface area (Å²) in [6, 6.07) is 5.43. The highest BCUT2D eigenvalue weighted by Crippen LogP contribution is 2.47. The number of nitro groups is 1. The number of pyridine rings is 1. The second kappa shape index (κ2) is 5.48. The molecule has 2 heterocycles. The van der Waals surface area contributed by atoms with E-state index in [0.29, 0.717) is 10.8 Å². The van der Waals surface area contributed by atoms with Gasteiger partial charge in [0.05, 0.1) is 10.3 Å². The maximum absolute atomic E-state index is 11.2. The molecule has 2 fully saturated rings. The lowest BCUT2D eigenvalue weighted by Gasteiger charge is -2.40. The molecular formula is C18H21N3O2. The molecule has 0 N–H and O–H groups in total. The summed E-state index contributed by atoms with van der Waals surface area (Å²) < 4.78 is 0. The van der Waals surface area contributed by atoms with Crippen molar-refractivity contribution >= 4 is 22.1 Å². The minimum atomic E-state index is -0.322. The van der Waals surface area contributed by atoms with Crippen molar-refractivity contribution in [2.45, 2.75) is 38.5 Å². The standard InChI is InChI=1S/C18H21N3O2/c22-21(23)17-4-3-16(14-5-10-19-13-15(14)17)20-11-8-18(9-12-20)6-1-2-7-18/h3-5,10,13H,1-2,6-9,11-12H2. The average Bonchev–Trinajstić information content (AvgIpc) is 3.03. The number of benzene rings is 1. The quantitative estimate of drug-likeness (QED) is 0.612. The topological polar surface area (TPSA) is 59.3 Å². The highest BCUT2D eigenvalue weighted by Gasteiger charge is 2.37. The van der Waals surface area contributed by atoms with Crippen LogP contribution in [0.25, 0.3) is 10.8 Å². The molecule has 0 amide bonds. The third kappa shape index (κ3) is 2.44. The molecule has 1 saturated heterocycles. The number of nitro benzene ring substituents is 1. The van der Waals surface area contributed by atoms with Gasteiger partial charge in [0.2, 0.25) is 0 Å². The van der Waals surface area contributed by atoms with Crippen molar-refractivity contribution in [3.05, 3.63) is 40.7 Å². The Balaban J connectivity index is 1.67. The first-order valence-corrected chi connectivity index (χ1v) is 8.45. The van der Waals surface area contributed by atoms with Crippen molar-refractivity contribution in [2.24, 2.45) is 5.41 Å². The minimum Gasteiger partial charge on any atom is -0.371 e. The molecule has 5 heteroatoms. The summed E-state index contributed by atoms with van der Waals surface area (Å²) >= 11 is 0. The van der Waals surface area contributed by atoms with Crippen LogP contribution in [-0.2, 0) is 0 Å². The van der Waals surface area contributed by atoms with Crippen LogP contribution < -0.4 is 4.90 Å². The van der Waals surface area contributed by atoms with Crippen LogP contribution >= 0.6 is 0 Å². The van der Waals surface area contributed by atoms with Crippen molar-refractivity contribution in [3.63, 3.8) is 0 Å². The fourth-order valence-electron chi connectivity index (χ4n) is 4.44. The summed E-state index contributed by atoms with van der Waals surface area (Å²) in [6.07, 6.45) is 11.3. The lowest BCUT2D eigenvalue weighted by atomic mass is 9.77. The van der Waals surface area contributed by atoms with Gasteiger partial charge in [0, 0.05) is 42.6 Å². The number of hydrogen-bond donors (Lipinski definition) is 0. The van der Waals surface area contributed by atoms with Gasteiger partial charge in [-0.15, -0.1) is 0 Å². The highest BCUT2D eigenvalue weighted by atomic mass is 16.6. The minimum absolute atomic E-state index is 0.140. The molecule has 0 bridgehead atoms. The van der Waals surface area contributed by atoms with Crippen LogP contribution in [0.2, 0.25) is 0 Å².